The zero-order chi connectivity index (χ0) is 33.4. The maximum atomic E-state index is 13.4. The van der Waals surface area contributed by atoms with Crippen LogP contribution in [-0.4, -0.2) is 83.5 Å². The van der Waals surface area contributed by atoms with E-state index in [1.54, 1.807) is 0 Å². The number of aliphatic hydroxyl groups is 1. The third-order valence-corrected chi connectivity index (χ3v) is 6.41. The average molecular weight is 614 g/mol. The summed E-state index contributed by atoms with van der Waals surface area (Å²) < 4.78 is 0. The molecule has 0 spiro atoms. The molecule has 0 aromatic rings. The summed E-state index contributed by atoms with van der Waals surface area (Å²) in [6.45, 7) is 12.9. The number of primary amides is 1. The Hall–Kier alpha value is -3.46. The van der Waals surface area contributed by atoms with E-state index in [2.05, 4.69) is 26.3 Å². The van der Waals surface area contributed by atoms with Crippen molar-refractivity contribution in [2.24, 2.45) is 45.7 Å². The summed E-state index contributed by atoms with van der Waals surface area (Å²) >= 11 is 0. The SMILES string of the molecule is CC(C)C[C@H](NC(=O)[C@H](CC(C)C)NC(=O)[C@@H](N)CC(C)C)C(=O)N[C@H](C(=O)N[C@@H](CCCN=C(N)N)C(N)=O)[C@@H](C)O. The van der Waals surface area contributed by atoms with E-state index in [9.17, 15) is 29.1 Å². The molecule has 0 aromatic carbocycles. The van der Waals surface area contributed by atoms with E-state index in [4.69, 9.17) is 22.9 Å². The summed E-state index contributed by atoms with van der Waals surface area (Å²) in [6, 6.07) is -5.39. The quantitative estimate of drug-likeness (QED) is 0.0430. The first kappa shape index (κ1) is 39.5. The molecular formula is C28H55N9O6. The van der Waals surface area contributed by atoms with Crippen molar-refractivity contribution in [1.29, 1.82) is 0 Å². The Morgan fingerprint density at radius 3 is 1.51 bits per heavy atom. The lowest BCUT2D eigenvalue weighted by molar-refractivity contribution is -0.136. The van der Waals surface area contributed by atoms with E-state index in [1.165, 1.54) is 6.92 Å². The molecule has 0 aromatic heterocycles. The van der Waals surface area contributed by atoms with Gasteiger partial charge in [-0.05, 0) is 56.8 Å². The van der Waals surface area contributed by atoms with E-state index >= 15 is 0 Å². The summed E-state index contributed by atoms with van der Waals surface area (Å²) in [7, 11) is 0. The van der Waals surface area contributed by atoms with Crippen LogP contribution in [0, 0.1) is 17.8 Å². The van der Waals surface area contributed by atoms with Gasteiger partial charge >= 0.3 is 0 Å². The number of aliphatic hydroxyl groups excluding tert-OH is 1. The van der Waals surface area contributed by atoms with Gasteiger partial charge in [0.2, 0.25) is 29.5 Å². The molecule has 13 N–H and O–H groups in total. The van der Waals surface area contributed by atoms with Crippen LogP contribution in [0.5, 0.6) is 0 Å². The zero-order valence-electron chi connectivity index (χ0n) is 26.7. The monoisotopic (exact) mass is 613 g/mol. The van der Waals surface area contributed by atoms with Crippen LogP contribution in [0.1, 0.15) is 80.6 Å². The van der Waals surface area contributed by atoms with Crippen LogP contribution in [0.2, 0.25) is 0 Å². The Morgan fingerprint density at radius 2 is 1.09 bits per heavy atom. The largest absolute Gasteiger partial charge is 0.391 e. The maximum Gasteiger partial charge on any atom is 0.245 e. The molecule has 0 aliphatic heterocycles. The highest BCUT2D eigenvalue weighted by molar-refractivity contribution is 5.96. The van der Waals surface area contributed by atoms with E-state index in [-0.39, 0.29) is 43.1 Å². The van der Waals surface area contributed by atoms with E-state index < -0.39 is 65.8 Å². The van der Waals surface area contributed by atoms with Crippen LogP contribution in [0.3, 0.4) is 0 Å². The molecule has 0 heterocycles. The summed E-state index contributed by atoms with van der Waals surface area (Å²) in [5.74, 6) is -3.37. The number of nitrogens with one attached hydrogen (secondary N) is 4. The van der Waals surface area contributed by atoms with Gasteiger partial charge in [0.1, 0.15) is 24.2 Å². The fourth-order valence-electron chi connectivity index (χ4n) is 4.28. The second-order valence-electron chi connectivity index (χ2n) is 12.3. The molecule has 0 unspecified atom stereocenters. The minimum Gasteiger partial charge on any atom is -0.391 e. The zero-order valence-corrected chi connectivity index (χ0v) is 26.7. The smallest absolute Gasteiger partial charge is 0.245 e. The molecule has 248 valence electrons. The summed E-state index contributed by atoms with van der Waals surface area (Å²) in [5.41, 5.74) is 22.0. The molecule has 0 saturated carbocycles. The fraction of sp³-hybridized carbons (Fsp3) is 0.786. The van der Waals surface area contributed by atoms with Gasteiger partial charge in [-0.25, -0.2) is 0 Å². The van der Waals surface area contributed by atoms with Gasteiger partial charge in [0.25, 0.3) is 0 Å². The molecule has 0 rings (SSSR count). The number of carbonyl (C=O) groups is 5. The highest BCUT2D eigenvalue weighted by Crippen LogP contribution is 2.11. The summed E-state index contributed by atoms with van der Waals surface area (Å²) in [5, 5.41) is 20.7. The first-order chi connectivity index (χ1) is 19.8. The van der Waals surface area contributed by atoms with Crippen molar-refractivity contribution in [2.45, 2.75) is 117 Å². The van der Waals surface area contributed by atoms with Crippen molar-refractivity contribution in [2.75, 3.05) is 6.54 Å². The molecule has 6 atom stereocenters. The Bertz CT molecular complexity index is 951. The van der Waals surface area contributed by atoms with Crippen LogP contribution >= 0.6 is 0 Å². The van der Waals surface area contributed by atoms with Gasteiger partial charge in [0.15, 0.2) is 5.96 Å². The molecule has 5 amide bonds. The van der Waals surface area contributed by atoms with E-state index in [0.717, 1.165) is 0 Å². The highest BCUT2D eigenvalue weighted by atomic mass is 16.3. The first-order valence-electron chi connectivity index (χ1n) is 14.8. The molecule has 43 heavy (non-hydrogen) atoms. The van der Waals surface area contributed by atoms with Crippen molar-refractivity contribution < 1.29 is 29.1 Å². The Kier molecular flexibility index (Phi) is 18.1. The first-order valence-corrected chi connectivity index (χ1v) is 14.8. The predicted octanol–water partition coefficient (Wildman–Crippen LogP) is -1.69. The molecule has 0 fully saturated rings. The summed E-state index contributed by atoms with van der Waals surface area (Å²) in [4.78, 5) is 68.2. The van der Waals surface area contributed by atoms with Gasteiger partial charge in [-0.15, -0.1) is 0 Å². The topological polar surface area (TPSA) is 270 Å². The predicted molar refractivity (Wildman–Crippen MR) is 165 cm³/mol. The molecule has 0 saturated heterocycles. The number of nitrogens with zero attached hydrogens (tertiary/aromatic N) is 1. The number of amides is 5. The van der Waals surface area contributed by atoms with Crippen LogP contribution in [0.4, 0.5) is 0 Å². The number of hydrogen-bond acceptors (Lipinski definition) is 8. The Morgan fingerprint density at radius 1 is 0.651 bits per heavy atom. The van der Waals surface area contributed by atoms with E-state index in [1.807, 2.05) is 41.5 Å². The van der Waals surface area contributed by atoms with Gasteiger partial charge in [-0.3, -0.25) is 29.0 Å². The number of rotatable bonds is 20. The third kappa shape index (κ3) is 16.7. The minimum atomic E-state index is -1.46. The van der Waals surface area contributed by atoms with Gasteiger partial charge in [0, 0.05) is 6.54 Å². The van der Waals surface area contributed by atoms with Crippen molar-refractivity contribution >= 4 is 35.5 Å². The Balaban J connectivity index is 5.74. The molecule has 15 heteroatoms. The van der Waals surface area contributed by atoms with Crippen LogP contribution < -0.4 is 44.2 Å². The molecular weight excluding hydrogens is 558 g/mol. The molecule has 0 radical (unpaired) electrons. The van der Waals surface area contributed by atoms with Crippen molar-refractivity contribution in [3.63, 3.8) is 0 Å². The molecule has 0 bridgehead atoms. The number of nitrogens with two attached hydrogens (primary N) is 4. The standard InChI is InChI=1S/C28H55N9O6/c1-14(2)11-18(29)24(40)35-20(12-15(3)4)25(41)36-21(13-16(5)6)26(42)37-22(17(7)38)27(43)34-19(23(30)39)9-8-10-33-28(31)32/h14-22,38H,8-13,29H2,1-7H3,(H2,30,39)(H,34,43)(H,35,40)(H,36,41)(H,37,42)(H4,31,32,33)/t17-,18+,19+,20+,21+,22+/m1/s1. The van der Waals surface area contributed by atoms with Crippen LogP contribution in [-0.2, 0) is 24.0 Å². The number of hydrogen-bond donors (Lipinski definition) is 9. The fourth-order valence-corrected chi connectivity index (χ4v) is 4.28. The lowest BCUT2D eigenvalue weighted by Gasteiger charge is -2.28. The van der Waals surface area contributed by atoms with Gasteiger partial charge in [-0.1, -0.05) is 41.5 Å². The normalized spacial score (nSPS) is 15.5. The van der Waals surface area contributed by atoms with Crippen LogP contribution in [0.15, 0.2) is 4.99 Å². The second kappa shape index (κ2) is 19.7. The maximum absolute atomic E-state index is 13.4. The van der Waals surface area contributed by atoms with Crippen molar-refractivity contribution in [3.05, 3.63) is 0 Å². The average Bonchev–Trinajstić information content (AvgIpc) is 2.86. The third-order valence-electron chi connectivity index (χ3n) is 6.41. The van der Waals surface area contributed by atoms with E-state index in [0.29, 0.717) is 19.3 Å². The van der Waals surface area contributed by atoms with Gasteiger partial charge < -0.3 is 49.3 Å². The Labute approximate surface area is 255 Å². The molecule has 0 aliphatic carbocycles. The molecule has 15 nitrogen and oxygen atoms in total. The number of guanidine groups is 1. The van der Waals surface area contributed by atoms with Crippen molar-refractivity contribution in [1.82, 2.24) is 21.3 Å². The number of carbonyl (C=O) groups excluding carboxylic acids is 5. The number of aliphatic imine (C=N–C) groups is 1. The minimum absolute atomic E-state index is 0.0377. The van der Waals surface area contributed by atoms with Gasteiger partial charge in [-0.2, -0.15) is 0 Å². The highest BCUT2D eigenvalue weighted by Gasteiger charge is 2.33. The lowest BCUT2D eigenvalue weighted by Crippen LogP contribution is -2.61. The summed E-state index contributed by atoms with van der Waals surface area (Å²) in [6.07, 6.45) is 0.0408. The van der Waals surface area contributed by atoms with Crippen molar-refractivity contribution in [3.8, 4) is 0 Å². The second-order valence-corrected chi connectivity index (χ2v) is 12.3. The lowest BCUT2D eigenvalue weighted by atomic mass is 9.98. The molecule has 0 aliphatic rings. The van der Waals surface area contributed by atoms with Gasteiger partial charge in [0.05, 0.1) is 12.1 Å². The van der Waals surface area contributed by atoms with Crippen LogP contribution in [0.25, 0.3) is 0 Å².